The molecule has 0 aliphatic carbocycles. The topological polar surface area (TPSA) is 91.2 Å². The number of rotatable bonds is 8. The van der Waals surface area contributed by atoms with Crippen LogP contribution in [-0.4, -0.2) is 25.0 Å². The van der Waals surface area contributed by atoms with Crippen LogP contribution in [0.5, 0.6) is 0 Å². The Balaban J connectivity index is 2.62. The van der Waals surface area contributed by atoms with E-state index in [-0.39, 0.29) is 24.8 Å². The fourth-order valence-electron chi connectivity index (χ4n) is 2.00. The summed E-state index contributed by atoms with van der Waals surface area (Å²) in [4.78, 5) is 23.3. The van der Waals surface area contributed by atoms with Gasteiger partial charge in [-0.05, 0) is 31.4 Å². The first kappa shape index (κ1) is 19.2. The maximum Gasteiger partial charge on any atom is 0.325 e. The van der Waals surface area contributed by atoms with Crippen LogP contribution >= 0.6 is 0 Å². The molecule has 1 aromatic rings. The molecule has 1 amide bonds. The van der Waals surface area contributed by atoms with Gasteiger partial charge in [0.2, 0.25) is 0 Å². The molecule has 0 aliphatic heterocycles. The van der Waals surface area contributed by atoms with Crippen molar-refractivity contribution in [1.82, 2.24) is 10.6 Å². The van der Waals surface area contributed by atoms with Crippen LogP contribution < -0.4 is 10.6 Å². The number of ether oxygens (including phenoxy) is 1. The Morgan fingerprint density at radius 2 is 1.96 bits per heavy atom. The van der Waals surface area contributed by atoms with Crippen LogP contribution in [0.2, 0.25) is 0 Å². The number of carbonyl (C=O) groups is 2. The molecule has 24 heavy (non-hydrogen) atoms. The molecule has 0 aromatic heterocycles. The van der Waals surface area contributed by atoms with Gasteiger partial charge in [-0.15, -0.1) is 0 Å². The molecule has 6 nitrogen and oxygen atoms in total. The molecule has 0 heterocycles. The third kappa shape index (κ3) is 6.13. The van der Waals surface area contributed by atoms with Crippen molar-refractivity contribution in [2.45, 2.75) is 33.2 Å². The first-order valence-corrected chi connectivity index (χ1v) is 7.90. The van der Waals surface area contributed by atoms with Gasteiger partial charge in [-0.2, -0.15) is 5.26 Å². The van der Waals surface area contributed by atoms with Gasteiger partial charge in [0, 0.05) is 6.20 Å². The highest BCUT2D eigenvalue weighted by molar-refractivity contribution is 5.97. The molecule has 2 N–H and O–H groups in total. The lowest BCUT2D eigenvalue weighted by molar-refractivity contribution is -0.141. The number of amides is 1. The number of hydrogen-bond acceptors (Lipinski definition) is 5. The summed E-state index contributed by atoms with van der Waals surface area (Å²) < 4.78 is 4.74. The third-order valence-corrected chi connectivity index (χ3v) is 3.40. The molecular formula is C18H23N3O3. The summed E-state index contributed by atoms with van der Waals surface area (Å²) in [5, 5.41) is 14.5. The van der Waals surface area contributed by atoms with Crippen molar-refractivity contribution >= 4 is 11.9 Å². The first-order valence-electron chi connectivity index (χ1n) is 7.90. The molecule has 1 rings (SSSR count). The van der Waals surface area contributed by atoms with Crippen LogP contribution in [0.4, 0.5) is 0 Å². The lowest BCUT2D eigenvalue weighted by Crippen LogP contribution is -2.29. The summed E-state index contributed by atoms with van der Waals surface area (Å²) in [5.74, 6) is -0.947. The van der Waals surface area contributed by atoms with Gasteiger partial charge in [-0.25, -0.2) is 0 Å². The molecule has 1 aromatic carbocycles. The highest BCUT2D eigenvalue weighted by Crippen LogP contribution is 2.14. The predicted octanol–water partition coefficient (Wildman–Crippen LogP) is 1.99. The van der Waals surface area contributed by atoms with Gasteiger partial charge in [0.1, 0.15) is 18.2 Å². The third-order valence-electron chi connectivity index (χ3n) is 3.40. The minimum absolute atomic E-state index is 0.0969. The molecule has 0 bridgehead atoms. The predicted molar refractivity (Wildman–Crippen MR) is 90.7 cm³/mol. The van der Waals surface area contributed by atoms with Crippen molar-refractivity contribution in [1.29, 1.82) is 5.26 Å². The molecule has 128 valence electrons. The Morgan fingerprint density at radius 1 is 1.29 bits per heavy atom. The number of carbonyl (C=O) groups excluding carboxylic acids is 2. The van der Waals surface area contributed by atoms with E-state index in [1.165, 1.54) is 11.8 Å². The molecule has 0 radical (unpaired) electrons. The maximum absolute atomic E-state index is 12.1. The highest BCUT2D eigenvalue weighted by atomic mass is 16.5. The monoisotopic (exact) mass is 329 g/mol. The summed E-state index contributed by atoms with van der Waals surface area (Å²) in [7, 11) is 0. The van der Waals surface area contributed by atoms with Crippen molar-refractivity contribution in [2.24, 2.45) is 0 Å². The number of benzene rings is 1. The SMILES string of the molecule is CCOC(=O)CN/C=C(/C#N)C(=O)NC(C)c1ccc(CC)cc1. The van der Waals surface area contributed by atoms with Gasteiger partial charge in [-0.1, -0.05) is 31.2 Å². The molecular weight excluding hydrogens is 306 g/mol. The van der Waals surface area contributed by atoms with Crippen molar-refractivity contribution in [3.8, 4) is 6.07 Å². The van der Waals surface area contributed by atoms with Gasteiger partial charge < -0.3 is 15.4 Å². The van der Waals surface area contributed by atoms with Crippen molar-refractivity contribution in [3.05, 3.63) is 47.2 Å². The fourth-order valence-corrected chi connectivity index (χ4v) is 2.00. The van der Waals surface area contributed by atoms with Crippen molar-refractivity contribution < 1.29 is 14.3 Å². The van der Waals surface area contributed by atoms with E-state index in [0.29, 0.717) is 0 Å². The lowest BCUT2D eigenvalue weighted by atomic mass is 10.0. The normalized spacial score (nSPS) is 12.0. The molecule has 0 saturated heterocycles. The lowest BCUT2D eigenvalue weighted by Gasteiger charge is -2.14. The van der Waals surface area contributed by atoms with Crippen LogP contribution in [0.15, 0.2) is 36.0 Å². The average molecular weight is 329 g/mol. The van der Waals surface area contributed by atoms with E-state index in [2.05, 4.69) is 17.6 Å². The van der Waals surface area contributed by atoms with Crippen molar-refractivity contribution in [2.75, 3.05) is 13.2 Å². The molecule has 1 atom stereocenters. The second-order valence-corrected chi connectivity index (χ2v) is 5.15. The van der Waals surface area contributed by atoms with Gasteiger partial charge in [0.25, 0.3) is 5.91 Å². The Bertz CT molecular complexity index is 630. The number of nitrogens with zero attached hydrogens (tertiary/aromatic N) is 1. The van der Waals surface area contributed by atoms with Crippen LogP contribution in [0, 0.1) is 11.3 Å². The molecule has 6 heteroatoms. The van der Waals surface area contributed by atoms with Crippen LogP contribution in [-0.2, 0) is 20.7 Å². The standard InChI is InChI=1S/C18H23N3O3/c1-4-14-6-8-15(9-7-14)13(3)21-18(23)16(10-19)11-20-12-17(22)24-5-2/h6-9,11,13,20H,4-5,12H2,1-3H3,(H,21,23)/b16-11-. The quantitative estimate of drug-likeness (QED) is 0.432. The molecule has 1 unspecified atom stereocenters. The summed E-state index contributed by atoms with van der Waals surface area (Å²) >= 11 is 0. The number of nitriles is 1. The summed E-state index contributed by atoms with van der Waals surface area (Å²) in [6.45, 7) is 5.81. The molecule has 0 saturated carbocycles. The zero-order chi connectivity index (χ0) is 17.9. The molecule has 0 fully saturated rings. The van der Waals surface area contributed by atoms with Gasteiger partial charge in [0.05, 0.1) is 12.6 Å². The van der Waals surface area contributed by atoms with E-state index in [0.717, 1.165) is 12.0 Å². The summed E-state index contributed by atoms with van der Waals surface area (Å²) in [6, 6.07) is 9.53. The number of hydrogen-bond donors (Lipinski definition) is 2. The number of nitrogens with one attached hydrogen (secondary N) is 2. The van der Waals surface area contributed by atoms with E-state index in [4.69, 9.17) is 10.00 Å². The first-order chi connectivity index (χ1) is 11.5. The second kappa shape index (κ2) is 10.1. The zero-order valence-corrected chi connectivity index (χ0v) is 14.3. The van der Waals surface area contributed by atoms with E-state index in [9.17, 15) is 9.59 Å². The summed E-state index contributed by atoms with van der Waals surface area (Å²) in [5.41, 5.74) is 2.08. The Morgan fingerprint density at radius 3 is 2.50 bits per heavy atom. The van der Waals surface area contributed by atoms with E-state index < -0.39 is 11.9 Å². The minimum Gasteiger partial charge on any atom is -0.465 e. The highest BCUT2D eigenvalue weighted by Gasteiger charge is 2.14. The number of esters is 1. The van der Waals surface area contributed by atoms with Gasteiger partial charge in [0.15, 0.2) is 0 Å². The van der Waals surface area contributed by atoms with Crippen molar-refractivity contribution in [3.63, 3.8) is 0 Å². The molecule has 0 spiro atoms. The van der Waals surface area contributed by atoms with Crippen LogP contribution in [0.1, 0.15) is 37.9 Å². The zero-order valence-electron chi connectivity index (χ0n) is 14.3. The van der Waals surface area contributed by atoms with Gasteiger partial charge in [-0.3, -0.25) is 9.59 Å². The summed E-state index contributed by atoms with van der Waals surface area (Å²) in [6.07, 6.45) is 2.17. The second-order valence-electron chi connectivity index (χ2n) is 5.15. The molecule has 0 aliphatic rings. The van der Waals surface area contributed by atoms with Crippen LogP contribution in [0.3, 0.4) is 0 Å². The van der Waals surface area contributed by atoms with Crippen LogP contribution in [0.25, 0.3) is 0 Å². The fraction of sp³-hybridized carbons (Fsp3) is 0.389. The van der Waals surface area contributed by atoms with E-state index in [1.54, 1.807) is 6.92 Å². The minimum atomic E-state index is -0.499. The van der Waals surface area contributed by atoms with E-state index in [1.807, 2.05) is 37.3 Å². The Hall–Kier alpha value is -2.81. The number of aryl methyl sites for hydroxylation is 1. The largest absolute Gasteiger partial charge is 0.465 e. The van der Waals surface area contributed by atoms with Gasteiger partial charge >= 0.3 is 5.97 Å². The maximum atomic E-state index is 12.1. The van der Waals surface area contributed by atoms with E-state index >= 15 is 0 Å². The Kier molecular flexibility index (Phi) is 8.06. The average Bonchev–Trinajstić information content (AvgIpc) is 2.58. The Labute approximate surface area is 142 Å². The smallest absolute Gasteiger partial charge is 0.325 e.